The highest BCUT2D eigenvalue weighted by molar-refractivity contribution is 4.82. The van der Waals surface area contributed by atoms with E-state index in [2.05, 4.69) is 10.2 Å². The van der Waals surface area contributed by atoms with Gasteiger partial charge in [0.05, 0.1) is 0 Å². The van der Waals surface area contributed by atoms with E-state index in [0.29, 0.717) is 6.54 Å². The lowest BCUT2D eigenvalue weighted by atomic mass is 10.6. The van der Waals surface area contributed by atoms with E-state index in [0.717, 1.165) is 0 Å². The summed E-state index contributed by atoms with van der Waals surface area (Å²) < 4.78 is 13.2. The fraction of sp³-hybridized carbons (Fsp3) is 0.600. The fourth-order valence-corrected chi connectivity index (χ4v) is 0.778. The predicted molar refractivity (Wildman–Crippen MR) is 33.3 cm³/mol. The van der Waals surface area contributed by atoms with Crippen LogP contribution in [0.3, 0.4) is 0 Å². The highest BCUT2D eigenvalue weighted by Gasteiger charge is 2.03. The van der Waals surface area contributed by atoms with E-state index >= 15 is 0 Å². The molecule has 0 aromatic carbocycles. The van der Waals surface area contributed by atoms with Crippen LogP contribution in [0.1, 0.15) is 12.7 Å². The Bertz CT molecular complexity index is 264. The van der Waals surface area contributed by atoms with Crippen LogP contribution in [-0.4, -0.2) is 14.8 Å². The minimum absolute atomic E-state index is 0.160. The maximum absolute atomic E-state index is 11.9. The third-order valence-corrected chi connectivity index (χ3v) is 1.27. The van der Waals surface area contributed by atoms with Crippen LogP contribution in [-0.2, 0) is 13.2 Å². The van der Waals surface area contributed by atoms with E-state index in [9.17, 15) is 9.18 Å². The van der Waals surface area contributed by atoms with Crippen molar-refractivity contribution in [3.63, 3.8) is 0 Å². The minimum Gasteiger partial charge on any atom is -0.277 e. The van der Waals surface area contributed by atoms with Gasteiger partial charge in [-0.15, -0.1) is 0 Å². The molecule has 1 rings (SSSR count). The molecule has 0 aliphatic heterocycles. The van der Waals surface area contributed by atoms with Crippen molar-refractivity contribution in [2.24, 2.45) is 0 Å². The van der Waals surface area contributed by atoms with Gasteiger partial charge in [-0.25, -0.2) is 14.3 Å². The molecule has 1 aromatic rings. The molecule has 0 saturated heterocycles. The summed E-state index contributed by atoms with van der Waals surface area (Å²) in [6, 6.07) is 0. The molecule has 0 aliphatic rings. The molecule has 0 spiro atoms. The van der Waals surface area contributed by atoms with Gasteiger partial charge < -0.3 is 0 Å². The Balaban J connectivity index is 3.13. The predicted octanol–water partition coefficient (Wildman–Crippen LogP) is 0.0608. The molecule has 0 aliphatic carbocycles. The van der Waals surface area contributed by atoms with Crippen LogP contribution in [0.15, 0.2) is 4.79 Å². The summed E-state index contributed by atoms with van der Waals surface area (Å²) in [7, 11) is 0. The number of hydrogen-bond donors (Lipinski definition) is 1. The second kappa shape index (κ2) is 2.64. The van der Waals surface area contributed by atoms with Crippen LogP contribution in [0, 0.1) is 0 Å². The Kier molecular flexibility index (Phi) is 1.84. The van der Waals surface area contributed by atoms with Crippen LogP contribution in [0.2, 0.25) is 0 Å². The molecule has 0 atom stereocenters. The molecule has 4 nitrogen and oxygen atoms in total. The molecule has 1 aromatic heterocycles. The average molecular weight is 145 g/mol. The number of H-pyrrole nitrogens is 1. The Morgan fingerprint density at radius 1 is 1.80 bits per heavy atom. The first-order valence-electron chi connectivity index (χ1n) is 2.99. The Hall–Kier alpha value is -1.13. The zero-order valence-corrected chi connectivity index (χ0v) is 5.59. The second-order valence-corrected chi connectivity index (χ2v) is 1.82. The quantitative estimate of drug-likeness (QED) is 0.639. The molecular formula is C5H8FN3O. The molecule has 1 heterocycles. The van der Waals surface area contributed by atoms with Crippen molar-refractivity contribution in [3.8, 4) is 0 Å². The van der Waals surface area contributed by atoms with Crippen molar-refractivity contribution in [1.29, 1.82) is 0 Å². The molecule has 0 amide bonds. The van der Waals surface area contributed by atoms with Gasteiger partial charge in [-0.2, -0.15) is 5.10 Å². The van der Waals surface area contributed by atoms with E-state index in [1.165, 1.54) is 4.57 Å². The molecule has 0 bridgehead atoms. The smallest absolute Gasteiger partial charge is 0.277 e. The first-order chi connectivity index (χ1) is 4.79. The van der Waals surface area contributed by atoms with E-state index in [1.807, 2.05) is 0 Å². The summed E-state index contributed by atoms with van der Waals surface area (Å²) in [6.45, 7) is 1.51. The van der Waals surface area contributed by atoms with Gasteiger partial charge in [0.15, 0.2) is 5.82 Å². The zero-order chi connectivity index (χ0) is 7.56. The highest BCUT2D eigenvalue weighted by Crippen LogP contribution is 1.91. The van der Waals surface area contributed by atoms with Gasteiger partial charge in [0.2, 0.25) is 0 Å². The Morgan fingerprint density at radius 3 is 2.90 bits per heavy atom. The maximum atomic E-state index is 11.9. The number of aromatic nitrogens is 3. The van der Waals surface area contributed by atoms with Crippen LogP contribution in [0.4, 0.5) is 4.39 Å². The highest BCUT2D eigenvalue weighted by atomic mass is 19.1. The number of nitrogens with zero attached hydrogens (tertiary/aromatic N) is 2. The van der Waals surface area contributed by atoms with Crippen LogP contribution < -0.4 is 5.69 Å². The molecule has 0 fully saturated rings. The van der Waals surface area contributed by atoms with Crippen molar-refractivity contribution >= 4 is 0 Å². The van der Waals surface area contributed by atoms with Crippen molar-refractivity contribution in [2.75, 3.05) is 0 Å². The molecule has 1 N–H and O–H groups in total. The van der Waals surface area contributed by atoms with Gasteiger partial charge in [0.1, 0.15) is 6.67 Å². The second-order valence-electron chi connectivity index (χ2n) is 1.82. The number of alkyl halides is 1. The van der Waals surface area contributed by atoms with Gasteiger partial charge >= 0.3 is 5.69 Å². The first kappa shape index (κ1) is 6.98. The first-order valence-corrected chi connectivity index (χ1v) is 2.99. The summed E-state index contributed by atoms with van der Waals surface area (Å²) in [6.07, 6.45) is 0. The van der Waals surface area contributed by atoms with Crippen LogP contribution >= 0.6 is 0 Å². The summed E-state index contributed by atoms with van der Waals surface area (Å²) in [4.78, 5) is 10.7. The Labute approximate surface area is 56.7 Å². The van der Waals surface area contributed by atoms with Gasteiger partial charge in [0.25, 0.3) is 0 Å². The fourth-order valence-electron chi connectivity index (χ4n) is 0.778. The molecule has 0 radical (unpaired) electrons. The van der Waals surface area contributed by atoms with E-state index in [-0.39, 0.29) is 11.5 Å². The normalized spacial score (nSPS) is 10.2. The summed E-state index contributed by atoms with van der Waals surface area (Å²) in [5, 5.41) is 5.61. The lowest BCUT2D eigenvalue weighted by Crippen LogP contribution is -2.17. The largest absolute Gasteiger partial charge is 0.343 e. The van der Waals surface area contributed by atoms with E-state index < -0.39 is 6.67 Å². The molecule has 0 saturated carbocycles. The lowest BCUT2D eigenvalue weighted by molar-refractivity contribution is 0.446. The van der Waals surface area contributed by atoms with Gasteiger partial charge in [0, 0.05) is 6.54 Å². The Morgan fingerprint density at radius 2 is 2.50 bits per heavy atom. The standard InChI is InChI=1S/C5H8FN3O/c1-2-9-4(3-6)7-8-5(9)10/h2-3H2,1H3,(H,8,10). The average Bonchev–Trinajstić information content (AvgIpc) is 2.30. The number of nitrogens with one attached hydrogen (secondary N) is 1. The molecular weight excluding hydrogens is 137 g/mol. The third kappa shape index (κ3) is 0.940. The summed E-state index contributed by atoms with van der Waals surface area (Å²) in [5.74, 6) is 0.160. The summed E-state index contributed by atoms with van der Waals surface area (Å²) in [5.41, 5.74) is -0.352. The topological polar surface area (TPSA) is 50.7 Å². The molecule has 10 heavy (non-hydrogen) atoms. The van der Waals surface area contributed by atoms with Gasteiger partial charge in [-0.1, -0.05) is 0 Å². The van der Waals surface area contributed by atoms with E-state index in [4.69, 9.17) is 0 Å². The van der Waals surface area contributed by atoms with Gasteiger partial charge in [-0.3, -0.25) is 4.57 Å². The van der Waals surface area contributed by atoms with Crippen molar-refractivity contribution in [1.82, 2.24) is 14.8 Å². The van der Waals surface area contributed by atoms with Gasteiger partial charge in [-0.05, 0) is 6.92 Å². The number of aromatic amines is 1. The van der Waals surface area contributed by atoms with Crippen molar-refractivity contribution in [3.05, 3.63) is 16.3 Å². The lowest BCUT2D eigenvalue weighted by Gasteiger charge is -1.94. The number of rotatable bonds is 2. The van der Waals surface area contributed by atoms with E-state index in [1.54, 1.807) is 6.92 Å². The third-order valence-electron chi connectivity index (χ3n) is 1.27. The molecule has 0 unspecified atom stereocenters. The van der Waals surface area contributed by atoms with Crippen LogP contribution in [0.25, 0.3) is 0 Å². The van der Waals surface area contributed by atoms with Crippen molar-refractivity contribution in [2.45, 2.75) is 20.1 Å². The SMILES string of the molecule is CCn1c(CF)n[nH]c1=O. The summed E-state index contributed by atoms with van der Waals surface area (Å²) >= 11 is 0. The zero-order valence-electron chi connectivity index (χ0n) is 5.59. The van der Waals surface area contributed by atoms with Crippen LogP contribution in [0.5, 0.6) is 0 Å². The number of halogens is 1. The molecule has 56 valence electrons. The van der Waals surface area contributed by atoms with Crippen molar-refractivity contribution < 1.29 is 4.39 Å². The maximum Gasteiger partial charge on any atom is 0.343 e. The molecule has 5 heteroatoms. The minimum atomic E-state index is -0.702. The monoisotopic (exact) mass is 145 g/mol. The number of hydrogen-bond acceptors (Lipinski definition) is 2.